The molecule has 0 spiro atoms. The van der Waals surface area contributed by atoms with Crippen LogP contribution in [-0.2, 0) is 11.2 Å². The van der Waals surface area contributed by atoms with E-state index in [1.807, 2.05) is 6.08 Å². The van der Waals surface area contributed by atoms with Gasteiger partial charge in [0.2, 0.25) is 5.91 Å². The van der Waals surface area contributed by atoms with Crippen molar-refractivity contribution in [3.8, 4) is 0 Å². The number of carbonyl (C=O) groups is 1. The smallest absolute Gasteiger partial charge is 0.227 e. The first-order valence-corrected chi connectivity index (χ1v) is 6.05. The Morgan fingerprint density at radius 1 is 1.35 bits per heavy atom. The Bertz CT molecular complexity index is 459. The molecule has 1 aliphatic heterocycles. The molecule has 0 radical (unpaired) electrons. The molecule has 0 saturated heterocycles. The predicted octanol–water partition coefficient (Wildman–Crippen LogP) is 2.90. The first kappa shape index (κ1) is 12.1. The summed E-state index contributed by atoms with van der Waals surface area (Å²) in [5.74, 6) is 0.130. The SMILES string of the molecule is O=C1CCc2ccc(F)cc2N1CC=CCCl. The molecular formula is C13H13ClFNO. The van der Waals surface area contributed by atoms with Crippen molar-refractivity contribution in [1.82, 2.24) is 0 Å². The summed E-state index contributed by atoms with van der Waals surface area (Å²) in [6.07, 6.45) is 4.77. The van der Waals surface area contributed by atoms with Gasteiger partial charge in [0.15, 0.2) is 0 Å². The van der Waals surface area contributed by atoms with Crippen molar-refractivity contribution in [2.75, 3.05) is 17.3 Å². The lowest BCUT2D eigenvalue weighted by Crippen LogP contribution is -2.35. The van der Waals surface area contributed by atoms with Crippen LogP contribution < -0.4 is 4.90 Å². The maximum atomic E-state index is 13.2. The van der Waals surface area contributed by atoms with Gasteiger partial charge in [-0.1, -0.05) is 18.2 Å². The van der Waals surface area contributed by atoms with Gasteiger partial charge in [0, 0.05) is 18.8 Å². The summed E-state index contributed by atoms with van der Waals surface area (Å²) in [5, 5.41) is 0. The van der Waals surface area contributed by atoms with Crippen LogP contribution in [0.1, 0.15) is 12.0 Å². The third-order valence-corrected chi connectivity index (χ3v) is 2.97. The Labute approximate surface area is 105 Å². The number of amides is 1. The minimum Gasteiger partial charge on any atom is -0.308 e. The molecule has 1 amide bonds. The Hall–Kier alpha value is -1.35. The Balaban J connectivity index is 2.29. The molecule has 1 aromatic carbocycles. The van der Waals surface area contributed by atoms with Crippen molar-refractivity contribution < 1.29 is 9.18 Å². The second kappa shape index (κ2) is 5.32. The number of anilines is 1. The van der Waals surface area contributed by atoms with Crippen molar-refractivity contribution in [2.24, 2.45) is 0 Å². The molecule has 1 heterocycles. The number of alkyl halides is 1. The van der Waals surface area contributed by atoms with Crippen LogP contribution >= 0.6 is 11.6 Å². The number of halogens is 2. The lowest BCUT2D eigenvalue weighted by molar-refractivity contribution is -0.118. The fourth-order valence-corrected chi connectivity index (χ4v) is 2.08. The monoisotopic (exact) mass is 253 g/mol. The maximum absolute atomic E-state index is 13.2. The zero-order valence-corrected chi connectivity index (χ0v) is 10.1. The largest absolute Gasteiger partial charge is 0.308 e. The van der Waals surface area contributed by atoms with E-state index in [-0.39, 0.29) is 11.7 Å². The van der Waals surface area contributed by atoms with E-state index in [0.29, 0.717) is 31.0 Å². The van der Waals surface area contributed by atoms with E-state index >= 15 is 0 Å². The standard InChI is InChI=1S/C13H13ClFNO/c14-7-1-2-8-16-12-9-11(15)5-3-10(12)4-6-13(16)17/h1-3,5,9H,4,6-8H2. The summed E-state index contributed by atoms with van der Waals surface area (Å²) < 4.78 is 13.2. The highest BCUT2D eigenvalue weighted by molar-refractivity contribution is 6.18. The molecular weight excluding hydrogens is 241 g/mol. The molecule has 17 heavy (non-hydrogen) atoms. The van der Waals surface area contributed by atoms with Crippen molar-refractivity contribution in [1.29, 1.82) is 0 Å². The van der Waals surface area contributed by atoms with E-state index < -0.39 is 0 Å². The second-order valence-corrected chi connectivity index (χ2v) is 4.21. The first-order valence-electron chi connectivity index (χ1n) is 5.52. The van der Waals surface area contributed by atoms with E-state index in [1.165, 1.54) is 12.1 Å². The van der Waals surface area contributed by atoms with Crippen LogP contribution in [0.5, 0.6) is 0 Å². The lowest BCUT2D eigenvalue weighted by Gasteiger charge is -2.28. The van der Waals surface area contributed by atoms with Gasteiger partial charge in [0.1, 0.15) is 5.82 Å². The van der Waals surface area contributed by atoms with Gasteiger partial charge in [-0.25, -0.2) is 4.39 Å². The quantitative estimate of drug-likeness (QED) is 0.599. The molecule has 0 N–H and O–H groups in total. The van der Waals surface area contributed by atoms with Gasteiger partial charge in [0.25, 0.3) is 0 Å². The number of carbonyl (C=O) groups excluding carboxylic acids is 1. The number of fused-ring (bicyclic) bond motifs is 1. The number of benzene rings is 1. The average molecular weight is 254 g/mol. The summed E-state index contributed by atoms with van der Waals surface area (Å²) in [7, 11) is 0. The summed E-state index contributed by atoms with van der Waals surface area (Å²) in [4.78, 5) is 13.4. The van der Waals surface area contributed by atoms with Gasteiger partial charge in [0.05, 0.1) is 5.69 Å². The van der Waals surface area contributed by atoms with Crippen LogP contribution in [0.2, 0.25) is 0 Å². The first-order chi connectivity index (χ1) is 8.22. The number of nitrogens with zero attached hydrogens (tertiary/aromatic N) is 1. The highest BCUT2D eigenvalue weighted by Gasteiger charge is 2.23. The molecule has 0 bridgehead atoms. The minimum atomic E-state index is -0.315. The van der Waals surface area contributed by atoms with Crippen LogP contribution in [0.4, 0.5) is 10.1 Å². The lowest BCUT2D eigenvalue weighted by atomic mass is 10.0. The molecule has 1 aromatic rings. The number of rotatable bonds is 3. The Morgan fingerprint density at radius 2 is 2.18 bits per heavy atom. The van der Waals surface area contributed by atoms with Gasteiger partial charge in [-0.3, -0.25) is 4.79 Å². The van der Waals surface area contributed by atoms with Crippen LogP contribution in [0.15, 0.2) is 30.4 Å². The fraction of sp³-hybridized carbons (Fsp3) is 0.308. The van der Waals surface area contributed by atoms with E-state index in [9.17, 15) is 9.18 Å². The number of allylic oxidation sites excluding steroid dienone is 1. The van der Waals surface area contributed by atoms with E-state index in [4.69, 9.17) is 11.6 Å². The summed E-state index contributed by atoms with van der Waals surface area (Å²) in [6, 6.07) is 4.59. The molecule has 2 nitrogen and oxygen atoms in total. The number of aryl methyl sites for hydroxylation is 1. The van der Waals surface area contributed by atoms with E-state index in [2.05, 4.69) is 0 Å². The fourth-order valence-electron chi connectivity index (χ4n) is 1.95. The van der Waals surface area contributed by atoms with Gasteiger partial charge in [-0.15, -0.1) is 11.6 Å². The van der Waals surface area contributed by atoms with Gasteiger partial charge in [-0.05, 0) is 24.1 Å². The molecule has 0 fully saturated rings. The normalized spacial score (nSPS) is 15.4. The second-order valence-electron chi connectivity index (χ2n) is 3.90. The van der Waals surface area contributed by atoms with Crippen LogP contribution in [0.25, 0.3) is 0 Å². The molecule has 0 aromatic heterocycles. The molecule has 0 saturated carbocycles. The van der Waals surface area contributed by atoms with Gasteiger partial charge < -0.3 is 4.90 Å². The van der Waals surface area contributed by atoms with Crippen molar-refractivity contribution in [3.05, 3.63) is 41.7 Å². The van der Waals surface area contributed by atoms with E-state index in [0.717, 1.165) is 5.56 Å². The Kier molecular flexibility index (Phi) is 3.79. The topological polar surface area (TPSA) is 20.3 Å². The molecule has 0 atom stereocenters. The van der Waals surface area contributed by atoms with Crippen molar-refractivity contribution in [3.63, 3.8) is 0 Å². The summed E-state index contributed by atoms with van der Waals surface area (Å²) >= 11 is 5.53. The highest BCUT2D eigenvalue weighted by Crippen LogP contribution is 2.28. The highest BCUT2D eigenvalue weighted by atomic mass is 35.5. The zero-order chi connectivity index (χ0) is 12.3. The molecule has 0 unspecified atom stereocenters. The third kappa shape index (κ3) is 2.67. The average Bonchev–Trinajstić information content (AvgIpc) is 2.32. The maximum Gasteiger partial charge on any atom is 0.227 e. The van der Waals surface area contributed by atoms with Crippen molar-refractivity contribution in [2.45, 2.75) is 12.8 Å². The third-order valence-electron chi connectivity index (χ3n) is 2.79. The minimum absolute atomic E-state index is 0.0299. The van der Waals surface area contributed by atoms with Crippen LogP contribution in [-0.4, -0.2) is 18.3 Å². The van der Waals surface area contributed by atoms with Crippen molar-refractivity contribution >= 4 is 23.2 Å². The van der Waals surface area contributed by atoms with Crippen LogP contribution in [0.3, 0.4) is 0 Å². The molecule has 4 heteroatoms. The number of hydrogen-bond donors (Lipinski definition) is 0. The summed E-state index contributed by atoms with van der Waals surface area (Å²) in [5.41, 5.74) is 1.70. The summed E-state index contributed by atoms with van der Waals surface area (Å²) in [6.45, 7) is 0.446. The molecule has 2 rings (SSSR count). The van der Waals surface area contributed by atoms with Gasteiger partial charge >= 0.3 is 0 Å². The molecule has 0 aliphatic carbocycles. The molecule has 90 valence electrons. The predicted molar refractivity (Wildman–Crippen MR) is 66.9 cm³/mol. The zero-order valence-electron chi connectivity index (χ0n) is 9.33. The van der Waals surface area contributed by atoms with Gasteiger partial charge in [-0.2, -0.15) is 0 Å². The van der Waals surface area contributed by atoms with Crippen LogP contribution in [0, 0.1) is 5.82 Å². The number of hydrogen-bond acceptors (Lipinski definition) is 1. The molecule has 1 aliphatic rings. The van der Waals surface area contributed by atoms with E-state index in [1.54, 1.807) is 17.0 Å². The Morgan fingerprint density at radius 3 is 2.94 bits per heavy atom.